The molecule has 2 unspecified atom stereocenters. The lowest BCUT2D eigenvalue weighted by molar-refractivity contribution is -0.153. The molecule has 0 saturated heterocycles. The van der Waals surface area contributed by atoms with Crippen molar-refractivity contribution in [3.63, 3.8) is 0 Å². The maximum absolute atomic E-state index is 12.9. The number of rotatable bonds is 3. The fourth-order valence-electron chi connectivity index (χ4n) is 1.21. The number of nitrogens with zero attached hydrogens (tertiary/aromatic N) is 1. The van der Waals surface area contributed by atoms with Crippen LogP contribution in [0.5, 0.6) is 0 Å². The monoisotopic (exact) mass is 243 g/mol. The first kappa shape index (κ1) is 13.0. The number of hydrogen-bond acceptors (Lipinski definition) is 4. The SMILES string of the molecule is N#Cc1cc(F)c(F)cc1C(O)C(O)C(=O)O. The van der Waals surface area contributed by atoms with Crippen LogP contribution < -0.4 is 0 Å². The number of carbonyl (C=O) groups is 1. The summed E-state index contributed by atoms with van der Waals surface area (Å²) < 4.78 is 25.7. The number of hydrogen-bond donors (Lipinski definition) is 3. The highest BCUT2D eigenvalue weighted by Crippen LogP contribution is 2.23. The van der Waals surface area contributed by atoms with E-state index in [1.54, 1.807) is 0 Å². The predicted molar refractivity (Wildman–Crippen MR) is 49.7 cm³/mol. The number of aliphatic hydroxyl groups excluding tert-OH is 2. The molecule has 3 N–H and O–H groups in total. The van der Waals surface area contributed by atoms with E-state index in [-0.39, 0.29) is 0 Å². The van der Waals surface area contributed by atoms with Crippen molar-refractivity contribution in [2.45, 2.75) is 12.2 Å². The number of aliphatic hydroxyl groups is 2. The van der Waals surface area contributed by atoms with Crippen molar-refractivity contribution >= 4 is 5.97 Å². The van der Waals surface area contributed by atoms with Gasteiger partial charge in [0, 0.05) is 5.56 Å². The van der Waals surface area contributed by atoms with E-state index in [0.29, 0.717) is 12.1 Å². The standard InChI is InChI=1S/C10H7F2NO4/c11-6-1-4(3-13)5(2-7(6)12)8(14)9(15)10(16)17/h1-2,8-9,14-15H,(H,16,17). The highest BCUT2D eigenvalue weighted by molar-refractivity contribution is 5.73. The molecule has 2 atom stereocenters. The summed E-state index contributed by atoms with van der Waals surface area (Å²) in [5.74, 6) is -4.40. The van der Waals surface area contributed by atoms with Gasteiger partial charge in [-0.3, -0.25) is 0 Å². The quantitative estimate of drug-likeness (QED) is 0.709. The number of aliphatic carboxylic acids is 1. The van der Waals surface area contributed by atoms with Crippen molar-refractivity contribution < 1.29 is 28.9 Å². The van der Waals surface area contributed by atoms with Crippen LogP contribution in [-0.2, 0) is 4.79 Å². The number of carboxylic acid groups (broad SMARTS) is 1. The number of halogens is 2. The molecule has 0 aliphatic heterocycles. The second-order valence-corrected chi connectivity index (χ2v) is 3.19. The highest BCUT2D eigenvalue weighted by Gasteiger charge is 2.28. The van der Waals surface area contributed by atoms with E-state index in [2.05, 4.69) is 0 Å². The summed E-state index contributed by atoms with van der Waals surface area (Å²) >= 11 is 0. The Morgan fingerprint density at radius 2 is 1.82 bits per heavy atom. The van der Waals surface area contributed by atoms with E-state index >= 15 is 0 Å². The van der Waals surface area contributed by atoms with Crippen LogP contribution in [0.4, 0.5) is 8.78 Å². The van der Waals surface area contributed by atoms with E-state index in [1.807, 2.05) is 0 Å². The summed E-state index contributed by atoms with van der Waals surface area (Å²) in [6.07, 6.45) is -4.25. The normalized spacial score (nSPS) is 13.8. The summed E-state index contributed by atoms with van der Waals surface area (Å²) in [4.78, 5) is 10.4. The van der Waals surface area contributed by atoms with Crippen LogP contribution in [0.25, 0.3) is 0 Å². The molecule has 0 heterocycles. The molecule has 17 heavy (non-hydrogen) atoms. The molecule has 1 aromatic carbocycles. The van der Waals surface area contributed by atoms with Gasteiger partial charge in [0.15, 0.2) is 17.7 Å². The summed E-state index contributed by atoms with van der Waals surface area (Å²) in [6, 6.07) is 2.46. The molecule has 0 aromatic heterocycles. The molecule has 0 radical (unpaired) electrons. The van der Waals surface area contributed by atoms with Gasteiger partial charge in [-0.1, -0.05) is 0 Å². The maximum atomic E-state index is 12.9. The first-order valence-electron chi connectivity index (χ1n) is 4.36. The van der Waals surface area contributed by atoms with Gasteiger partial charge < -0.3 is 15.3 Å². The zero-order valence-electron chi connectivity index (χ0n) is 8.26. The zero-order chi connectivity index (χ0) is 13.2. The highest BCUT2D eigenvalue weighted by atomic mass is 19.2. The van der Waals surface area contributed by atoms with Gasteiger partial charge >= 0.3 is 5.97 Å². The van der Waals surface area contributed by atoms with Crippen molar-refractivity contribution in [3.8, 4) is 6.07 Å². The minimum absolute atomic E-state index is 0.448. The molecule has 0 aliphatic rings. The lowest BCUT2D eigenvalue weighted by atomic mass is 9.99. The summed E-state index contributed by atoms with van der Waals surface area (Å²) in [6.45, 7) is 0. The van der Waals surface area contributed by atoms with Crippen LogP contribution in [0.2, 0.25) is 0 Å². The summed E-state index contributed by atoms with van der Waals surface area (Å²) in [5.41, 5.74) is -0.932. The van der Waals surface area contributed by atoms with Gasteiger partial charge in [-0.15, -0.1) is 0 Å². The van der Waals surface area contributed by atoms with E-state index in [9.17, 15) is 18.7 Å². The largest absolute Gasteiger partial charge is 0.479 e. The van der Waals surface area contributed by atoms with Crippen molar-refractivity contribution in [1.82, 2.24) is 0 Å². The Balaban J connectivity index is 3.26. The molecular weight excluding hydrogens is 236 g/mol. The number of carboxylic acids is 1. The molecule has 7 heteroatoms. The molecule has 0 bridgehead atoms. The van der Waals surface area contributed by atoms with Gasteiger partial charge in [0.2, 0.25) is 0 Å². The van der Waals surface area contributed by atoms with Gasteiger partial charge in [0.05, 0.1) is 11.6 Å². The third-order valence-corrected chi connectivity index (χ3v) is 2.08. The lowest BCUT2D eigenvalue weighted by Crippen LogP contribution is -2.28. The van der Waals surface area contributed by atoms with Crippen LogP contribution in [0.3, 0.4) is 0 Å². The van der Waals surface area contributed by atoms with Crippen molar-refractivity contribution in [3.05, 3.63) is 34.9 Å². The molecular formula is C10H7F2NO4. The molecule has 0 saturated carbocycles. The van der Waals surface area contributed by atoms with Gasteiger partial charge in [0.1, 0.15) is 6.10 Å². The Kier molecular flexibility index (Phi) is 3.73. The number of benzene rings is 1. The fourth-order valence-corrected chi connectivity index (χ4v) is 1.21. The minimum Gasteiger partial charge on any atom is -0.479 e. The van der Waals surface area contributed by atoms with E-state index < -0.39 is 40.9 Å². The Morgan fingerprint density at radius 3 is 2.29 bits per heavy atom. The Morgan fingerprint density at radius 1 is 1.29 bits per heavy atom. The molecule has 0 amide bonds. The third kappa shape index (κ3) is 2.55. The molecule has 0 spiro atoms. The second-order valence-electron chi connectivity index (χ2n) is 3.19. The van der Waals surface area contributed by atoms with Gasteiger partial charge in [-0.05, 0) is 12.1 Å². The molecule has 1 aromatic rings. The first-order valence-corrected chi connectivity index (χ1v) is 4.36. The van der Waals surface area contributed by atoms with Gasteiger partial charge in [0.25, 0.3) is 0 Å². The molecule has 1 rings (SSSR count). The average Bonchev–Trinajstić information content (AvgIpc) is 2.29. The molecule has 5 nitrogen and oxygen atoms in total. The van der Waals surface area contributed by atoms with Crippen LogP contribution >= 0.6 is 0 Å². The first-order chi connectivity index (χ1) is 7.88. The maximum Gasteiger partial charge on any atom is 0.335 e. The van der Waals surface area contributed by atoms with Crippen LogP contribution in [0, 0.1) is 23.0 Å². The fraction of sp³-hybridized carbons (Fsp3) is 0.200. The van der Waals surface area contributed by atoms with Gasteiger partial charge in [-0.25, -0.2) is 13.6 Å². The smallest absolute Gasteiger partial charge is 0.335 e. The van der Waals surface area contributed by atoms with E-state index in [1.165, 1.54) is 6.07 Å². The average molecular weight is 243 g/mol. The number of nitriles is 1. The van der Waals surface area contributed by atoms with Crippen molar-refractivity contribution in [2.24, 2.45) is 0 Å². The third-order valence-electron chi connectivity index (χ3n) is 2.08. The molecule has 90 valence electrons. The Hall–Kier alpha value is -2.04. The second kappa shape index (κ2) is 4.86. The van der Waals surface area contributed by atoms with Crippen molar-refractivity contribution in [2.75, 3.05) is 0 Å². The Bertz CT molecular complexity index is 498. The topological polar surface area (TPSA) is 102 Å². The zero-order valence-corrected chi connectivity index (χ0v) is 8.26. The summed E-state index contributed by atoms with van der Waals surface area (Å²) in [5, 5.41) is 35.5. The molecule has 0 fully saturated rings. The van der Waals surface area contributed by atoms with Crippen molar-refractivity contribution in [1.29, 1.82) is 5.26 Å². The Labute approximate surface area is 94.2 Å². The summed E-state index contributed by atoms with van der Waals surface area (Å²) in [7, 11) is 0. The van der Waals surface area contributed by atoms with Crippen LogP contribution in [0.1, 0.15) is 17.2 Å². The van der Waals surface area contributed by atoms with Crippen LogP contribution in [0.15, 0.2) is 12.1 Å². The van der Waals surface area contributed by atoms with Crippen LogP contribution in [-0.4, -0.2) is 27.4 Å². The lowest BCUT2D eigenvalue weighted by Gasteiger charge is -2.15. The predicted octanol–water partition coefficient (Wildman–Crippen LogP) is 0.315. The van der Waals surface area contributed by atoms with E-state index in [4.69, 9.17) is 15.5 Å². The van der Waals surface area contributed by atoms with E-state index in [0.717, 1.165) is 0 Å². The molecule has 0 aliphatic carbocycles. The minimum atomic E-state index is -2.23. The van der Waals surface area contributed by atoms with Gasteiger partial charge in [-0.2, -0.15) is 5.26 Å².